The Hall–Kier alpha value is -2.89. The Morgan fingerprint density at radius 3 is 1.64 bits per heavy atom. The monoisotopic (exact) mass is 642 g/mol. The van der Waals surface area contributed by atoms with E-state index in [0.717, 1.165) is 48.6 Å². The van der Waals surface area contributed by atoms with Crippen molar-refractivity contribution in [2.24, 2.45) is 11.8 Å². The molecule has 10 nitrogen and oxygen atoms in total. The molecule has 0 aromatic heterocycles. The zero-order valence-electron chi connectivity index (χ0n) is 26.0. The summed E-state index contributed by atoms with van der Waals surface area (Å²) >= 11 is 1.15. The molecule has 45 heavy (non-hydrogen) atoms. The van der Waals surface area contributed by atoms with Crippen molar-refractivity contribution in [1.82, 2.24) is 0 Å². The topological polar surface area (TPSA) is 130 Å². The molecule has 0 aromatic carbocycles. The smallest absolute Gasteiger partial charge is 0.334 e. The van der Waals surface area contributed by atoms with E-state index in [-0.39, 0.29) is 84.1 Å². The van der Waals surface area contributed by atoms with Gasteiger partial charge in [0.1, 0.15) is 37.6 Å². The molecule has 0 aromatic rings. The van der Waals surface area contributed by atoms with Crippen LogP contribution in [0.25, 0.3) is 0 Å². The number of esters is 4. The number of ether oxygens (including phenoxy) is 6. The first-order chi connectivity index (χ1) is 21.5. The standard InChI is InChI=1S/C34H42O10S/c1-19-23-11-9-21(7-5-13-33(3)29(43-33)27(23)41-31(19)37)15-39-25(35)17-45-18-26(36)40-16-22-8-6-14-34(4)30(44-34)28-24(12-10-22)20(2)32(38)42-28/h7-8,23-24,27-30H,1-2,5-6,9-18H2,3-4H3/b21-7+,22-8+/t23-,24-,27-,28-,29-,30-,33+,34+/m0/s1. The fraction of sp³-hybridized carbons (Fsp3) is 0.647. The summed E-state index contributed by atoms with van der Waals surface area (Å²) in [7, 11) is 0. The maximum absolute atomic E-state index is 12.5. The molecule has 6 rings (SSSR count). The van der Waals surface area contributed by atoms with E-state index in [1.807, 2.05) is 13.8 Å². The minimum Gasteiger partial charge on any atom is -0.461 e. The fourth-order valence-corrected chi connectivity index (χ4v) is 7.75. The van der Waals surface area contributed by atoms with E-state index in [1.54, 1.807) is 0 Å². The summed E-state index contributed by atoms with van der Waals surface area (Å²) in [5.74, 6) is -1.70. The summed E-state index contributed by atoms with van der Waals surface area (Å²) in [6.45, 7) is 12.3. The molecule has 11 heteroatoms. The van der Waals surface area contributed by atoms with Crippen LogP contribution in [0.15, 0.2) is 47.6 Å². The zero-order chi connectivity index (χ0) is 31.9. The lowest BCUT2D eigenvalue weighted by molar-refractivity contribution is -0.141. The number of fused-ring (bicyclic) bond motifs is 6. The van der Waals surface area contributed by atoms with Gasteiger partial charge in [-0.2, -0.15) is 0 Å². The van der Waals surface area contributed by atoms with E-state index in [9.17, 15) is 19.2 Å². The summed E-state index contributed by atoms with van der Waals surface area (Å²) in [5.41, 5.74) is 2.29. The lowest BCUT2D eigenvalue weighted by Gasteiger charge is -2.20. The molecule has 0 saturated carbocycles. The van der Waals surface area contributed by atoms with Crippen molar-refractivity contribution >= 4 is 35.6 Å². The Morgan fingerprint density at radius 1 is 0.800 bits per heavy atom. The van der Waals surface area contributed by atoms with Gasteiger partial charge in [-0.25, -0.2) is 9.59 Å². The predicted octanol–water partition coefficient (Wildman–Crippen LogP) is 4.32. The number of carbonyl (C=O) groups is 4. The first-order valence-corrected chi connectivity index (χ1v) is 17.0. The number of hydrogen-bond donors (Lipinski definition) is 0. The molecule has 4 fully saturated rings. The van der Waals surface area contributed by atoms with Gasteiger partial charge in [0.15, 0.2) is 0 Å². The Balaban J connectivity index is 0.920. The van der Waals surface area contributed by atoms with Crippen LogP contribution in [0.1, 0.15) is 65.2 Å². The normalized spacial score (nSPS) is 39.7. The summed E-state index contributed by atoms with van der Waals surface area (Å²) in [6.07, 6.45) is 9.16. The van der Waals surface area contributed by atoms with Crippen molar-refractivity contribution < 1.29 is 47.6 Å². The zero-order valence-corrected chi connectivity index (χ0v) is 26.8. The number of allylic oxidation sites excluding steroid dienone is 2. The van der Waals surface area contributed by atoms with E-state index in [4.69, 9.17) is 28.4 Å². The van der Waals surface area contributed by atoms with E-state index >= 15 is 0 Å². The Labute approximate surface area is 267 Å². The van der Waals surface area contributed by atoms with E-state index in [0.29, 0.717) is 36.8 Å². The molecule has 0 radical (unpaired) electrons. The third-order valence-corrected chi connectivity index (χ3v) is 11.0. The van der Waals surface area contributed by atoms with Crippen LogP contribution in [0.3, 0.4) is 0 Å². The highest BCUT2D eigenvalue weighted by molar-refractivity contribution is 8.00. The summed E-state index contributed by atoms with van der Waals surface area (Å²) in [4.78, 5) is 49.3. The maximum Gasteiger partial charge on any atom is 0.334 e. The minimum atomic E-state index is -0.405. The second kappa shape index (κ2) is 12.7. The molecule has 4 aliphatic heterocycles. The maximum atomic E-state index is 12.5. The van der Waals surface area contributed by atoms with Gasteiger partial charge in [-0.3, -0.25) is 9.59 Å². The molecule has 6 aliphatic rings. The molecular weight excluding hydrogens is 600 g/mol. The highest BCUT2D eigenvalue weighted by atomic mass is 32.2. The van der Waals surface area contributed by atoms with Gasteiger partial charge in [0.2, 0.25) is 0 Å². The molecule has 244 valence electrons. The Morgan fingerprint density at radius 2 is 1.22 bits per heavy atom. The van der Waals surface area contributed by atoms with Crippen LogP contribution in [-0.2, 0) is 47.6 Å². The van der Waals surface area contributed by atoms with Gasteiger partial charge in [0.25, 0.3) is 0 Å². The van der Waals surface area contributed by atoms with Crippen LogP contribution in [0.2, 0.25) is 0 Å². The van der Waals surface area contributed by atoms with Crippen molar-refractivity contribution in [3.8, 4) is 0 Å². The lowest BCUT2D eigenvalue weighted by atomic mass is 9.84. The van der Waals surface area contributed by atoms with E-state index in [2.05, 4.69) is 25.3 Å². The SMILES string of the molecule is C=C1C(=O)O[C@H]2[C@H]1CC/C(COC(=O)CSCC(=O)OC/C1=C/CC[C@@]3(C)O[C@H]3[C@H]3OC(=O)C(=C)[C@@H]3CC1)=C\CC[C@@]1(C)O[C@@H]21. The third kappa shape index (κ3) is 6.95. The van der Waals surface area contributed by atoms with Gasteiger partial charge in [0, 0.05) is 23.0 Å². The second-order valence-corrected chi connectivity index (χ2v) is 14.4. The van der Waals surface area contributed by atoms with Gasteiger partial charge in [-0.1, -0.05) is 25.3 Å². The van der Waals surface area contributed by atoms with E-state index < -0.39 is 11.9 Å². The molecule has 0 spiro atoms. The van der Waals surface area contributed by atoms with Crippen molar-refractivity contribution in [1.29, 1.82) is 0 Å². The third-order valence-electron chi connectivity index (χ3n) is 10.2. The fourth-order valence-electron chi connectivity index (χ4n) is 7.15. The summed E-state index contributed by atoms with van der Waals surface area (Å²) in [5, 5.41) is 0. The first kappa shape index (κ1) is 32.1. The first-order valence-electron chi connectivity index (χ1n) is 15.9. The van der Waals surface area contributed by atoms with Crippen LogP contribution in [0.5, 0.6) is 0 Å². The van der Waals surface area contributed by atoms with Crippen LogP contribution < -0.4 is 0 Å². The van der Waals surface area contributed by atoms with Gasteiger partial charge >= 0.3 is 23.9 Å². The molecule has 0 N–H and O–H groups in total. The number of thioether (sulfide) groups is 1. The largest absolute Gasteiger partial charge is 0.461 e. The van der Waals surface area contributed by atoms with Crippen molar-refractivity contribution in [3.63, 3.8) is 0 Å². The predicted molar refractivity (Wildman–Crippen MR) is 164 cm³/mol. The molecule has 4 saturated heterocycles. The second-order valence-electron chi connectivity index (χ2n) is 13.4. The van der Waals surface area contributed by atoms with Crippen LogP contribution >= 0.6 is 11.8 Å². The molecular formula is C34H42O10S. The number of epoxide rings is 2. The quantitative estimate of drug-likeness (QED) is 0.123. The number of hydrogen-bond acceptors (Lipinski definition) is 11. The summed E-state index contributed by atoms with van der Waals surface area (Å²) < 4.78 is 34.2. The highest BCUT2D eigenvalue weighted by Crippen LogP contribution is 2.51. The number of rotatable bonds is 8. The van der Waals surface area contributed by atoms with Gasteiger partial charge in [-0.05, 0) is 76.4 Å². The average Bonchev–Trinajstić information content (AvgIpc) is 3.81. The number of carbonyl (C=O) groups excluding carboxylic acids is 4. The molecule has 0 unspecified atom stereocenters. The lowest BCUT2D eigenvalue weighted by Crippen LogP contribution is -2.29. The van der Waals surface area contributed by atoms with Crippen molar-refractivity contribution in [2.75, 3.05) is 24.7 Å². The van der Waals surface area contributed by atoms with Crippen LogP contribution in [0.4, 0.5) is 0 Å². The van der Waals surface area contributed by atoms with E-state index in [1.165, 1.54) is 0 Å². The molecule has 8 atom stereocenters. The van der Waals surface area contributed by atoms with Crippen molar-refractivity contribution in [2.45, 2.75) is 101 Å². The minimum absolute atomic E-state index is 0.0292. The highest BCUT2D eigenvalue weighted by Gasteiger charge is 2.62. The molecule has 4 heterocycles. The molecule has 0 amide bonds. The van der Waals surface area contributed by atoms with Crippen molar-refractivity contribution in [3.05, 3.63) is 47.6 Å². The van der Waals surface area contributed by atoms with Crippen LogP contribution in [0, 0.1) is 11.8 Å². The summed E-state index contributed by atoms with van der Waals surface area (Å²) in [6, 6.07) is 0. The Kier molecular flexibility index (Phi) is 9.06. The average molecular weight is 643 g/mol. The van der Waals surface area contributed by atoms with Gasteiger partial charge < -0.3 is 28.4 Å². The molecule has 2 aliphatic carbocycles. The molecule has 0 bridgehead atoms. The Bertz CT molecular complexity index is 1250. The van der Waals surface area contributed by atoms with Gasteiger partial charge in [0.05, 0.1) is 22.7 Å². The van der Waals surface area contributed by atoms with Gasteiger partial charge in [-0.15, -0.1) is 11.8 Å². The van der Waals surface area contributed by atoms with Crippen LogP contribution in [-0.4, -0.2) is 84.2 Å².